The molecule has 0 spiro atoms. The van der Waals surface area contributed by atoms with Gasteiger partial charge in [0.1, 0.15) is 0 Å². The highest BCUT2D eigenvalue weighted by Gasteiger charge is 2.50. The van der Waals surface area contributed by atoms with Crippen molar-refractivity contribution in [1.29, 1.82) is 0 Å². The number of nitrogens with zero attached hydrogens (tertiary/aromatic N) is 1. The molecule has 5 nitrogen and oxygen atoms in total. The van der Waals surface area contributed by atoms with Gasteiger partial charge < -0.3 is 5.11 Å². The molecule has 1 aliphatic heterocycles. The number of imide groups is 1. The van der Waals surface area contributed by atoms with Crippen molar-refractivity contribution >= 4 is 17.8 Å². The number of carbonyl (C=O) groups is 3. The molecule has 5 heteroatoms. The maximum atomic E-state index is 12.3. The van der Waals surface area contributed by atoms with Crippen LogP contribution in [0.2, 0.25) is 0 Å². The molecule has 0 aromatic carbocycles. The Morgan fingerprint density at radius 1 is 1.16 bits per heavy atom. The summed E-state index contributed by atoms with van der Waals surface area (Å²) >= 11 is 0. The van der Waals surface area contributed by atoms with Crippen molar-refractivity contribution in [2.75, 3.05) is 6.54 Å². The number of aliphatic carboxylic acids is 1. The third-order valence-corrected chi connectivity index (χ3v) is 5.14. The predicted molar refractivity (Wildman–Crippen MR) is 66.1 cm³/mol. The number of rotatable bonds is 3. The van der Waals surface area contributed by atoms with Gasteiger partial charge in [-0.2, -0.15) is 0 Å². The van der Waals surface area contributed by atoms with Crippen LogP contribution in [0.3, 0.4) is 0 Å². The molecule has 2 bridgehead atoms. The number of likely N-dealkylation sites (tertiary alicyclic amines) is 1. The number of carboxylic acid groups (broad SMARTS) is 1. The van der Waals surface area contributed by atoms with E-state index in [0.717, 1.165) is 25.7 Å². The molecule has 104 valence electrons. The molecule has 1 heterocycles. The molecule has 3 fully saturated rings. The second-order valence-corrected chi connectivity index (χ2v) is 6.26. The van der Waals surface area contributed by atoms with Crippen LogP contribution in [0.25, 0.3) is 0 Å². The molecule has 2 aliphatic carbocycles. The second-order valence-electron chi connectivity index (χ2n) is 6.26. The van der Waals surface area contributed by atoms with Crippen molar-refractivity contribution in [3.8, 4) is 0 Å². The van der Waals surface area contributed by atoms with E-state index in [-0.39, 0.29) is 30.2 Å². The quantitative estimate of drug-likeness (QED) is 0.783. The van der Waals surface area contributed by atoms with E-state index in [2.05, 4.69) is 0 Å². The minimum atomic E-state index is -0.887. The van der Waals surface area contributed by atoms with Crippen molar-refractivity contribution < 1.29 is 19.5 Å². The molecule has 1 N–H and O–H groups in total. The van der Waals surface area contributed by atoms with Crippen LogP contribution < -0.4 is 0 Å². The van der Waals surface area contributed by atoms with Gasteiger partial charge in [0.2, 0.25) is 11.8 Å². The summed E-state index contributed by atoms with van der Waals surface area (Å²) < 4.78 is 0. The molecule has 2 unspecified atom stereocenters. The van der Waals surface area contributed by atoms with Crippen molar-refractivity contribution in [3.63, 3.8) is 0 Å². The van der Waals surface area contributed by atoms with Crippen molar-refractivity contribution in [2.24, 2.45) is 17.3 Å². The SMILES string of the molecule is O=C1C2CCC(C2)C(=O)N1CC1(C(=O)O)CCCC1. The van der Waals surface area contributed by atoms with E-state index in [0.29, 0.717) is 19.3 Å². The first-order valence-electron chi connectivity index (χ1n) is 7.12. The van der Waals surface area contributed by atoms with Crippen LogP contribution in [0.15, 0.2) is 0 Å². The number of hydrogen-bond donors (Lipinski definition) is 1. The smallest absolute Gasteiger partial charge is 0.311 e. The number of piperidine rings is 1. The van der Waals surface area contributed by atoms with E-state index in [4.69, 9.17) is 0 Å². The Morgan fingerprint density at radius 3 is 2.16 bits per heavy atom. The minimum absolute atomic E-state index is 0.0463. The third-order valence-electron chi connectivity index (χ3n) is 5.14. The molecule has 0 aromatic heterocycles. The van der Waals surface area contributed by atoms with Crippen LogP contribution >= 0.6 is 0 Å². The summed E-state index contributed by atoms with van der Waals surface area (Å²) in [5.41, 5.74) is -0.887. The van der Waals surface area contributed by atoms with E-state index in [1.165, 1.54) is 4.90 Å². The molecular weight excluding hydrogens is 246 g/mol. The summed E-state index contributed by atoms with van der Waals surface area (Å²) in [6.45, 7) is 0.0903. The Hall–Kier alpha value is -1.39. The van der Waals surface area contributed by atoms with Crippen LogP contribution in [-0.4, -0.2) is 34.3 Å². The molecule has 1 saturated heterocycles. The maximum Gasteiger partial charge on any atom is 0.311 e. The second kappa shape index (κ2) is 4.32. The van der Waals surface area contributed by atoms with Crippen molar-refractivity contribution in [3.05, 3.63) is 0 Å². The molecule has 2 amide bonds. The summed E-state index contributed by atoms with van der Waals surface area (Å²) in [5, 5.41) is 9.47. The van der Waals surface area contributed by atoms with E-state index in [1.54, 1.807) is 0 Å². The fourth-order valence-electron chi connectivity index (χ4n) is 3.93. The van der Waals surface area contributed by atoms with Gasteiger partial charge in [-0.25, -0.2) is 0 Å². The van der Waals surface area contributed by atoms with Gasteiger partial charge in [-0.1, -0.05) is 12.8 Å². The fraction of sp³-hybridized carbons (Fsp3) is 0.786. The number of fused-ring (bicyclic) bond motifs is 2. The molecule has 3 rings (SSSR count). The van der Waals surface area contributed by atoms with Crippen LogP contribution in [0.1, 0.15) is 44.9 Å². The van der Waals surface area contributed by atoms with Gasteiger partial charge in [-0.05, 0) is 32.1 Å². The predicted octanol–water partition coefficient (Wildman–Crippen LogP) is 1.42. The summed E-state index contributed by atoms with van der Waals surface area (Å²) in [7, 11) is 0. The molecule has 2 saturated carbocycles. The number of carbonyl (C=O) groups excluding carboxylic acids is 2. The zero-order valence-corrected chi connectivity index (χ0v) is 10.9. The highest BCUT2D eigenvalue weighted by molar-refractivity contribution is 6.01. The van der Waals surface area contributed by atoms with Gasteiger partial charge in [0.15, 0.2) is 0 Å². The summed E-state index contributed by atoms with van der Waals surface area (Å²) in [5.74, 6) is -1.22. The van der Waals surface area contributed by atoms with E-state index in [9.17, 15) is 19.5 Å². The van der Waals surface area contributed by atoms with Gasteiger partial charge in [-0.15, -0.1) is 0 Å². The lowest BCUT2D eigenvalue weighted by Gasteiger charge is -2.35. The molecule has 19 heavy (non-hydrogen) atoms. The van der Waals surface area contributed by atoms with Gasteiger partial charge >= 0.3 is 5.97 Å². The van der Waals surface area contributed by atoms with Crippen LogP contribution in [0.4, 0.5) is 0 Å². The molecular formula is C14H19NO4. The standard InChI is InChI=1S/C14H19NO4/c16-11-9-3-4-10(7-9)12(17)15(11)8-14(13(18)19)5-1-2-6-14/h9-10H,1-8H2,(H,18,19). The first-order valence-corrected chi connectivity index (χ1v) is 7.12. The zero-order valence-electron chi connectivity index (χ0n) is 10.9. The van der Waals surface area contributed by atoms with E-state index < -0.39 is 11.4 Å². The monoisotopic (exact) mass is 265 g/mol. The van der Waals surface area contributed by atoms with Gasteiger partial charge in [0, 0.05) is 18.4 Å². The summed E-state index contributed by atoms with van der Waals surface area (Å²) in [6, 6.07) is 0. The van der Waals surface area contributed by atoms with Gasteiger partial charge in [0.25, 0.3) is 0 Å². The highest BCUT2D eigenvalue weighted by atomic mass is 16.4. The van der Waals surface area contributed by atoms with Gasteiger partial charge in [-0.3, -0.25) is 19.3 Å². The Bertz CT molecular complexity index is 417. The lowest BCUT2D eigenvalue weighted by atomic mass is 9.84. The number of hydrogen-bond acceptors (Lipinski definition) is 3. The van der Waals surface area contributed by atoms with E-state index >= 15 is 0 Å². The Morgan fingerprint density at radius 2 is 1.68 bits per heavy atom. The number of amides is 2. The lowest BCUT2D eigenvalue weighted by molar-refractivity contribution is -0.159. The average Bonchev–Trinajstić information content (AvgIpc) is 3.01. The Balaban J connectivity index is 1.83. The minimum Gasteiger partial charge on any atom is -0.481 e. The first kappa shape index (κ1) is 12.6. The maximum absolute atomic E-state index is 12.3. The molecule has 0 radical (unpaired) electrons. The third kappa shape index (κ3) is 1.86. The Kier molecular flexibility index (Phi) is 2.87. The van der Waals surface area contributed by atoms with Crippen molar-refractivity contribution in [1.82, 2.24) is 4.90 Å². The first-order chi connectivity index (χ1) is 9.03. The normalized spacial score (nSPS) is 32.9. The van der Waals surface area contributed by atoms with Crippen LogP contribution in [0.5, 0.6) is 0 Å². The average molecular weight is 265 g/mol. The summed E-state index contributed by atoms with van der Waals surface area (Å²) in [4.78, 5) is 37.3. The molecule has 2 atom stereocenters. The van der Waals surface area contributed by atoms with Crippen LogP contribution in [-0.2, 0) is 14.4 Å². The zero-order chi connectivity index (χ0) is 13.6. The highest BCUT2D eigenvalue weighted by Crippen LogP contribution is 2.43. The lowest BCUT2D eigenvalue weighted by Crippen LogP contribution is -2.52. The Labute approximate surface area is 112 Å². The molecule has 0 aromatic rings. The topological polar surface area (TPSA) is 74.7 Å². The molecule has 3 aliphatic rings. The van der Waals surface area contributed by atoms with Crippen molar-refractivity contribution in [2.45, 2.75) is 44.9 Å². The summed E-state index contributed by atoms with van der Waals surface area (Å²) in [6.07, 6.45) is 5.14. The number of carboxylic acids is 1. The fourth-order valence-corrected chi connectivity index (χ4v) is 3.93. The largest absolute Gasteiger partial charge is 0.481 e. The van der Waals surface area contributed by atoms with Gasteiger partial charge in [0.05, 0.1) is 5.41 Å². The van der Waals surface area contributed by atoms with Crippen LogP contribution in [0, 0.1) is 17.3 Å². The van der Waals surface area contributed by atoms with E-state index in [1.807, 2.05) is 0 Å².